The van der Waals surface area contributed by atoms with E-state index in [2.05, 4.69) is 0 Å². The second-order valence-corrected chi connectivity index (χ2v) is 4.79. The van der Waals surface area contributed by atoms with Gasteiger partial charge in [-0.3, -0.25) is 0 Å². The van der Waals surface area contributed by atoms with Crippen molar-refractivity contribution in [1.82, 2.24) is 0 Å². The minimum absolute atomic E-state index is 0.422. The Kier molecular flexibility index (Phi) is 3.77. The Bertz CT molecular complexity index is 518. The third-order valence-electron chi connectivity index (χ3n) is 2.35. The molecule has 1 unspecified atom stereocenters. The molecule has 0 amide bonds. The smallest absolute Gasteiger partial charge is 0.135 e. The molecule has 0 radical (unpaired) electrons. The number of hydrogen-bond donors (Lipinski definition) is 1. The summed E-state index contributed by atoms with van der Waals surface area (Å²) in [5, 5.41) is 10.4. The fraction of sp³-hybridized carbons (Fsp3) is 0.231. The summed E-state index contributed by atoms with van der Waals surface area (Å²) in [4.78, 5) is 0. The van der Waals surface area contributed by atoms with Crippen molar-refractivity contribution in [3.63, 3.8) is 0 Å². The van der Waals surface area contributed by atoms with Crippen molar-refractivity contribution < 1.29 is 9.52 Å². The Labute approximate surface area is 110 Å². The summed E-state index contributed by atoms with van der Waals surface area (Å²) >= 11 is 11.9. The molecule has 0 spiro atoms. The molecule has 0 aliphatic carbocycles. The molecular weight excluding hydrogens is 259 g/mol. The normalized spacial score (nSPS) is 12.7. The minimum Gasteiger partial charge on any atom is -0.461 e. The number of rotatable bonds is 3. The summed E-state index contributed by atoms with van der Waals surface area (Å²) in [5.41, 5.74) is 0.799. The highest BCUT2D eigenvalue weighted by Crippen LogP contribution is 2.31. The molecule has 1 heterocycles. The molecule has 1 N–H and O–H groups in total. The predicted molar refractivity (Wildman–Crippen MR) is 69.5 cm³/mol. The van der Waals surface area contributed by atoms with Crippen LogP contribution in [0.3, 0.4) is 0 Å². The van der Waals surface area contributed by atoms with E-state index >= 15 is 0 Å². The van der Waals surface area contributed by atoms with Gasteiger partial charge in [-0.05, 0) is 37.3 Å². The van der Waals surface area contributed by atoms with Crippen molar-refractivity contribution in [3.05, 3.63) is 46.1 Å². The Balaban J connectivity index is 2.30. The minimum atomic E-state index is -0.422. The SMILES string of the molecule is CC(O)Cc1ccc(-c2ccc(Cl)cc2Cl)o1. The van der Waals surface area contributed by atoms with Crippen molar-refractivity contribution in [2.75, 3.05) is 0 Å². The van der Waals surface area contributed by atoms with E-state index in [0.29, 0.717) is 22.2 Å². The van der Waals surface area contributed by atoms with E-state index < -0.39 is 6.10 Å². The van der Waals surface area contributed by atoms with Crippen LogP contribution in [-0.4, -0.2) is 11.2 Å². The van der Waals surface area contributed by atoms with Crippen LogP contribution in [0.15, 0.2) is 34.7 Å². The third-order valence-corrected chi connectivity index (χ3v) is 2.90. The van der Waals surface area contributed by atoms with Crippen LogP contribution in [0.1, 0.15) is 12.7 Å². The summed E-state index contributed by atoms with van der Waals surface area (Å²) in [5.74, 6) is 1.42. The molecular formula is C13H12Cl2O2. The van der Waals surface area contributed by atoms with Crippen LogP contribution in [0, 0.1) is 0 Å². The van der Waals surface area contributed by atoms with Gasteiger partial charge in [0.2, 0.25) is 0 Å². The molecule has 2 aromatic rings. The number of halogens is 2. The van der Waals surface area contributed by atoms with E-state index in [0.717, 1.165) is 11.3 Å². The zero-order chi connectivity index (χ0) is 12.4. The van der Waals surface area contributed by atoms with Crippen molar-refractivity contribution >= 4 is 23.2 Å². The molecule has 4 heteroatoms. The second-order valence-electron chi connectivity index (χ2n) is 3.94. The lowest BCUT2D eigenvalue weighted by molar-refractivity contribution is 0.187. The highest BCUT2D eigenvalue weighted by Gasteiger charge is 2.10. The lowest BCUT2D eigenvalue weighted by Gasteiger charge is -2.02. The topological polar surface area (TPSA) is 33.4 Å². The average Bonchev–Trinajstić information content (AvgIpc) is 2.65. The second kappa shape index (κ2) is 5.13. The van der Waals surface area contributed by atoms with Crippen LogP contribution in [0.25, 0.3) is 11.3 Å². The van der Waals surface area contributed by atoms with Crippen molar-refractivity contribution in [2.45, 2.75) is 19.4 Å². The Morgan fingerprint density at radius 1 is 1.24 bits per heavy atom. The van der Waals surface area contributed by atoms with Gasteiger partial charge in [0.25, 0.3) is 0 Å². The van der Waals surface area contributed by atoms with Gasteiger partial charge in [0.1, 0.15) is 11.5 Å². The number of aliphatic hydroxyl groups excluding tert-OH is 1. The number of furan rings is 1. The van der Waals surface area contributed by atoms with Gasteiger partial charge < -0.3 is 9.52 Å². The summed E-state index contributed by atoms with van der Waals surface area (Å²) in [6, 6.07) is 8.93. The van der Waals surface area contributed by atoms with Gasteiger partial charge in [0, 0.05) is 17.0 Å². The molecule has 90 valence electrons. The first-order valence-corrected chi connectivity index (χ1v) is 6.04. The van der Waals surface area contributed by atoms with Crippen molar-refractivity contribution in [3.8, 4) is 11.3 Å². The number of aliphatic hydroxyl groups is 1. The molecule has 0 aliphatic heterocycles. The van der Waals surface area contributed by atoms with Gasteiger partial charge in [0.05, 0.1) is 11.1 Å². The molecule has 17 heavy (non-hydrogen) atoms. The molecule has 1 atom stereocenters. The molecule has 0 bridgehead atoms. The van der Waals surface area contributed by atoms with Gasteiger partial charge in [-0.2, -0.15) is 0 Å². The predicted octanol–water partition coefficient (Wildman–Crippen LogP) is 4.18. The van der Waals surface area contributed by atoms with Gasteiger partial charge in [-0.15, -0.1) is 0 Å². The molecule has 1 aromatic heterocycles. The van der Waals surface area contributed by atoms with E-state index in [1.54, 1.807) is 19.1 Å². The van der Waals surface area contributed by atoms with Crippen LogP contribution >= 0.6 is 23.2 Å². The van der Waals surface area contributed by atoms with E-state index in [-0.39, 0.29) is 0 Å². The van der Waals surface area contributed by atoms with Crippen LogP contribution in [0.2, 0.25) is 10.0 Å². The van der Waals surface area contributed by atoms with Crippen LogP contribution in [0.5, 0.6) is 0 Å². The van der Waals surface area contributed by atoms with Crippen LogP contribution in [0.4, 0.5) is 0 Å². The maximum Gasteiger partial charge on any atom is 0.135 e. The van der Waals surface area contributed by atoms with E-state index in [4.69, 9.17) is 27.6 Å². The fourth-order valence-electron chi connectivity index (χ4n) is 1.61. The lowest BCUT2D eigenvalue weighted by atomic mass is 10.2. The van der Waals surface area contributed by atoms with Crippen LogP contribution in [-0.2, 0) is 6.42 Å². The molecule has 1 aromatic carbocycles. The summed E-state index contributed by atoms with van der Waals surface area (Å²) in [6.45, 7) is 1.72. The highest BCUT2D eigenvalue weighted by atomic mass is 35.5. The average molecular weight is 271 g/mol. The number of hydrogen-bond acceptors (Lipinski definition) is 2. The summed E-state index contributed by atoms with van der Waals surface area (Å²) in [6.07, 6.45) is 0.0697. The molecule has 0 aliphatic rings. The zero-order valence-electron chi connectivity index (χ0n) is 9.28. The van der Waals surface area contributed by atoms with E-state index in [1.807, 2.05) is 18.2 Å². The van der Waals surface area contributed by atoms with Gasteiger partial charge in [0.15, 0.2) is 0 Å². The molecule has 2 rings (SSSR count). The van der Waals surface area contributed by atoms with Gasteiger partial charge >= 0.3 is 0 Å². The van der Waals surface area contributed by atoms with E-state index in [9.17, 15) is 5.11 Å². The maximum absolute atomic E-state index is 9.27. The van der Waals surface area contributed by atoms with Crippen molar-refractivity contribution in [1.29, 1.82) is 0 Å². The van der Waals surface area contributed by atoms with Crippen molar-refractivity contribution in [2.24, 2.45) is 0 Å². The third kappa shape index (κ3) is 3.03. The quantitative estimate of drug-likeness (QED) is 0.908. The summed E-state index contributed by atoms with van der Waals surface area (Å²) in [7, 11) is 0. The zero-order valence-corrected chi connectivity index (χ0v) is 10.8. The Morgan fingerprint density at radius 2 is 2.00 bits per heavy atom. The molecule has 0 saturated heterocycles. The fourth-order valence-corrected chi connectivity index (χ4v) is 2.11. The largest absolute Gasteiger partial charge is 0.461 e. The monoisotopic (exact) mass is 270 g/mol. The summed E-state index contributed by atoms with van der Waals surface area (Å²) < 4.78 is 5.61. The Hall–Kier alpha value is -0.960. The highest BCUT2D eigenvalue weighted by molar-refractivity contribution is 6.36. The first-order chi connectivity index (χ1) is 8.06. The molecule has 0 fully saturated rings. The molecule has 0 saturated carbocycles. The van der Waals surface area contributed by atoms with Crippen LogP contribution < -0.4 is 0 Å². The first-order valence-electron chi connectivity index (χ1n) is 5.28. The Morgan fingerprint density at radius 3 is 2.65 bits per heavy atom. The maximum atomic E-state index is 9.27. The van der Waals surface area contributed by atoms with E-state index in [1.165, 1.54) is 0 Å². The van der Waals surface area contributed by atoms with Gasteiger partial charge in [-0.1, -0.05) is 23.2 Å². The molecule has 2 nitrogen and oxygen atoms in total. The lowest BCUT2D eigenvalue weighted by Crippen LogP contribution is -2.02. The number of benzene rings is 1. The van der Waals surface area contributed by atoms with Gasteiger partial charge in [-0.25, -0.2) is 0 Å². The standard InChI is InChI=1S/C13H12Cl2O2/c1-8(16)6-10-3-5-13(17-10)11-4-2-9(14)7-12(11)15/h2-5,7-8,16H,6H2,1H3. The first kappa shape index (κ1) is 12.5.